The van der Waals surface area contributed by atoms with E-state index in [4.69, 9.17) is 4.74 Å². The first-order chi connectivity index (χ1) is 14.5. The molecule has 0 radical (unpaired) electrons. The minimum Gasteiger partial charge on any atom is -0.376 e. The number of hydrogen-bond donors (Lipinski definition) is 1. The molecule has 4 rings (SSSR count). The molecule has 2 aliphatic rings. The monoisotopic (exact) mass is 458 g/mol. The fourth-order valence-electron chi connectivity index (χ4n) is 3.63. The average molecular weight is 458 g/mol. The van der Waals surface area contributed by atoms with E-state index in [1.165, 1.54) is 6.07 Å². The third kappa shape index (κ3) is 4.74. The second-order valence-corrected chi connectivity index (χ2v) is 9.77. The van der Waals surface area contributed by atoms with Crippen molar-refractivity contribution in [2.45, 2.75) is 55.5 Å². The number of carbonyl (C=O) groups is 1. The number of ether oxygens (including phenoxy) is 1. The molecule has 31 heavy (non-hydrogen) atoms. The minimum atomic E-state index is -4.77. The number of aromatic nitrogens is 3. The van der Waals surface area contributed by atoms with Crippen molar-refractivity contribution in [3.05, 3.63) is 35.3 Å². The standard InChI is InChI=1S/C19H21F3N4O4S/c1-31(28,29)14-9-12(6-7-23-14)24-18(27)17-15(19(20,21)22)16(11-4-5-11)25-26(17)10-13-3-2-8-30-13/h6-7,9,11,13H,2-5,8,10H2,1H3,(H,23,24,27). The maximum atomic E-state index is 14.0. The molecule has 1 unspecified atom stereocenters. The number of alkyl halides is 3. The fraction of sp³-hybridized carbons (Fsp3) is 0.526. The zero-order valence-corrected chi connectivity index (χ0v) is 17.5. The largest absolute Gasteiger partial charge is 0.420 e. The fourth-order valence-corrected chi connectivity index (χ4v) is 4.22. The highest BCUT2D eigenvalue weighted by Crippen LogP contribution is 2.46. The molecule has 168 valence electrons. The lowest BCUT2D eigenvalue weighted by Gasteiger charge is -2.15. The van der Waals surface area contributed by atoms with E-state index in [2.05, 4.69) is 15.4 Å². The second-order valence-electron chi connectivity index (χ2n) is 7.81. The summed E-state index contributed by atoms with van der Waals surface area (Å²) in [6, 6.07) is 2.41. The Balaban J connectivity index is 1.73. The van der Waals surface area contributed by atoms with E-state index in [-0.39, 0.29) is 35.0 Å². The molecule has 0 spiro atoms. The van der Waals surface area contributed by atoms with Gasteiger partial charge in [0.15, 0.2) is 14.9 Å². The lowest BCUT2D eigenvalue weighted by Crippen LogP contribution is -2.25. The molecule has 1 atom stereocenters. The highest BCUT2D eigenvalue weighted by Gasteiger charge is 2.46. The molecule has 1 amide bonds. The number of nitrogens with one attached hydrogen (secondary N) is 1. The topological polar surface area (TPSA) is 103 Å². The van der Waals surface area contributed by atoms with Crippen LogP contribution in [0.4, 0.5) is 18.9 Å². The Morgan fingerprint density at radius 1 is 1.32 bits per heavy atom. The van der Waals surface area contributed by atoms with Gasteiger partial charge >= 0.3 is 6.18 Å². The Bertz CT molecular complexity index is 1100. The Hall–Kier alpha value is -2.47. The smallest absolute Gasteiger partial charge is 0.376 e. The lowest BCUT2D eigenvalue weighted by atomic mass is 10.1. The molecule has 12 heteroatoms. The zero-order chi connectivity index (χ0) is 22.4. The van der Waals surface area contributed by atoms with Crippen molar-refractivity contribution >= 4 is 21.4 Å². The second kappa shape index (κ2) is 7.90. The van der Waals surface area contributed by atoms with Gasteiger partial charge in [-0.05, 0) is 37.8 Å². The van der Waals surface area contributed by atoms with Gasteiger partial charge in [0.1, 0.15) is 11.3 Å². The third-order valence-electron chi connectivity index (χ3n) is 5.22. The predicted molar refractivity (Wildman–Crippen MR) is 103 cm³/mol. The van der Waals surface area contributed by atoms with Crippen molar-refractivity contribution in [2.75, 3.05) is 18.2 Å². The van der Waals surface area contributed by atoms with Crippen molar-refractivity contribution in [3.8, 4) is 0 Å². The van der Waals surface area contributed by atoms with Crippen LogP contribution >= 0.6 is 0 Å². The van der Waals surface area contributed by atoms with E-state index < -0.39 is 33.2 Å². The van der Waals surface area contributed by atoms with E-state index in [1.54, 1.807) is 0 Å². The number of nitrogens with zero attached hydrogens (tertiary/aromatic N) is 3. The van der Waals surface area contributed by atoms with Crippen molar-refractivity contribution in [2.24, 2.45) is 0 Å². The van der Waals surface area contributed by atoms with Gasteiger partial charge < -0.3 is 10.1 Å². The van der Waals surface area contributed by atoms with Crippen LogP contribution in [0.25, 0.3) is 0 Å². The molecule has 8 nitrogen and oxygen atoms in total. The van der Waals surface area contributed by atoms with Crippen molar-refractivity contribution < 1.29 is 31.1 Å². The molecule has 0 bridgehead atoms. The number of carbonyl (C=O) groups excluding carboxylic acids is 1. The van der Waals surface area contributed by atoms with Gasteiger partial charge in [-0.15, -0.1) is 0 Å². The number of hydrogen-bond acceptors (Lipinski definition) is 6. The van der Waals surface area contributed by atoms with Gasteiger partial charge in [-0.25, -0.2) is 13.4 Å². The first-order valence-electron chi connectivity index (χ1n) is 9.81. The molecule has 1 saturated carbocycles. The van der Waals surface area contributed by atoms with Gasteiger partial charge in [0.05, 0.1) is 18.3 Å². The van der Waals surface area contributed by atoms with E-state index in [0.29, 0.717) is 25.9 Å². The average Bonchev–Trinajstić information content (AvgIpc) is 3.25. The Labute approximate surface area is 176 Å². The summed E-state index contributed by atoms with van der Waals surface area (Å²) in [6.45, 7) is 0.545. The van der Waals surface area contributed by atoms with Crippen LogP contribution in [0.3, 0.4) is 0 Å². The van der Waals surface area contributed by atoms with Gasteiger partial charge in [-0.1, -0.05) is 0 Å². The molecule has 2 aromatic rings. The maximum Gasteiger partial charge on any atom is 0.420 e. The number of pyridine rings is 1. The highest BCUT2D eigenvalue weighted by molar-refractivity contribution is 7.90. The van der Waals surface area contributed by atoms with Crippen LogP contribution in [0.2, 0.25) is 0 Å². The predicted octanol–water partition coefficient (Wildman–Crippen LogP) is 3.01. The SMILES string of the molecule is CS(=O)(=O)c1cc(NC(=O)c2c(C(F)(F)F)c(C3CC3)nn2CC2CCCO2)ccn1. The highest BCUT2D eigenvalue weighted by atomic mass is 32.2. The van der Waals surface area contributed by atoms with Crippen molar-refractivity contribution in [1.82, 2.24) is 14.8 Å². The van der Waals surface area contributed by atoms with Crippen LogP contribution in [-0.4, -0.2) is 48.1 Å². The molecule has 3 heterocycles. The summed E-state index contributed by atoms with van der Waals surface area (Å²) in [5, 5.41) is 6.25. The Kier molecular flexibility index (Phi) is 5.54. The first kappa shape index (κ1) is 21.8. The normalized spacial score (nSPS) is 19.5. The van der Waals surface area contributed by atoms with Gasteiger partial charge in [0, 0.05) is 30.7 Å². The quantitative estimate of drug-likeness (QED) is 0.714. The number of amides is 1. The summed E-state index contributed by atoms with van der Waals surface area (Å²) >= 11 is 0. The van der Waals surface area contributed by atoms with Crippen LogP contribution in [0.15, 0.2) is 23.4 Å². The summed E-state index contributed by atoms with van der Waals surface area (Å²) < 4.78 is 72.0. The number of anilines is 1. The van der Waals surface area contributed by atoms with Gasteiger partial charge in [-0.3, -0.25) is 9.48 Å². The van der Waals surface area contributed by atoms with E-state index >= 15 is 0 Å². The summed E-state index contributed by atoms with van der Waals surface area (Å²) in [5.41, 5.74) is -1.74. The van der Waals surface area contributed by atoms with E-state index in [0.717, 1.165) is 29.6 Å². The number of sulfone groups is 1. The van der Waals surface area contributed by atoms with Crippen LogP contribution < -0.4 is 5.32 Å². The number of rotatable bonds is 6. The molecular formula is C19H21F3N4O4S. The molecule has 1 aliphatic heterocycles. The van der Waals surface area contributed by atoms with Crippen LogP contribution in [-0.2, 0) is 27.3 Å². The zero-order valence-electron chi connectivity index (χ0n) is 16.6. The van der Waals surface area contributed by atoms with Crippen LogP contribution in [0.5, 0.6) is 0 Å². The lowest BCUT2D eigenvalue weighted by molar-refractivity contribution is -0.138. The maximum absolute atomic E-state index is 14.0. The summed E-state index contributed by atoms with van der Waals surface area (Å²) in [4.78, 5) is 16.7. The first-order valence-corrected chi connectivity index (χ1v) is 11.7. The van der Waals surface area contributed by atoms with E-state index in [1.807, 2.05) is 0 Å². The van der Waals surface area contributed by atoms with Gasteiger partial charge in [0.2, 0.25) is 0 Å². The Morgan fingerprint density at radius 2 is 2.06 bits per heavy atom. The van der Waals surface area contributed by atoms with Crippen molar-refractivity contribution in [1.29, 1.82) is 0 Å². The molecule has 1 saturated heterocycles. The molecule has 2 fully saturated rings. The molecule has 1 N–H and O–H groups in total. The summed E-state index contributed by atoms with van der Waals surface area (Å²) in [7, 11) is -3.66. The molecular weight excluding hydrogens is 437 g/mol. The van der Waals surface area contributed by atoms with Crippen molar-refractivity contribution in [3.63, 3.8) is 0 Å². The molecule has 2 aromatic heterocycles. The summed E-state index contributed by atoms with van der Waals surface area (Å²) in [6.07, 6.45) is -0.347. The van der Waals surface area contributed by atoms with Gasteiger partial charge in [0.25, 0.3) is 5.91 Å². The number of halogens is 3. The molecule has 1 aliphatic carbocycles. The van der Waals surface area contributed by atoms with Crippen LogP contribution in [0.1, 0.15) is 53.3 Å². The van der Waals surface area contributed by atoms with Gasteiger partial charge in [-0.2, -0.15) is 18.3 Å². The summed E-state index contributed by atoms with van der Waals surface area (Å²) in [5.74, 6) is -1.35. The van der Waals surface area contributed by atoms with Crippen LogP contribution in [0, 0.1) is 0 Å². The third-order valence-corrected chi connectivity index (χ3v) is 6.20. The Morgan fingerprint density at radius 3 is 2.65 bits per heavy atom. The minimum absolute atomic E-state index is 0.0198. The van der Waals surface area contributed by atoms with E-state index in [9.17, 15) is 26.4 Å². The molecule has 0 aromatic carbocycles.